The molecule has 0 saturated heterocycles. The quantitative estimate of drug-likeness (QED) is 0.586. The lowest BCUT2D eigenvalue weighted by Gasteiger charge is -2.07. The molecule has 1 N–H and O–H groups in total. The van der Waals surface area contributed by atoms with Gasteiger partial charge in [-0.15, -0.1) is 0 Å². The largest absolute Gasteiger partial charge is 0.469 e. The molecule has 21 heavy (non-hydrogen) atoms. The highest BCUT2D eigenvalue weighted by atomic mass is 35.5. The van der Waals surface area contributed by atoms with E-state index in [2.05, 4.69) is 10.1 Å². The summed E-state index contributed by atoms with van der Waals surface area (Å²) >= 11 is 11.8. The Balaban J connectivity index is 2.18. The Hall–Kier alpha value is -1.26. The number of halogens is 2. The van der Waals surface area contributed by atoms with Crippen molar-refractivity contribution < 1.29 is 14.3 Å². The summed E-state index contributed by atoms with van der Waals surface area (Å²) in [6.45, 7) is 0.589. The van der Waals surface area contributed by atoms with Crippen LogP contribution in [0.25, 0.3) is 0 Å². The predicted molar refractivity (Wildman–Crippen MR) is 83.7 cm³/mol. The molecule has 6 heteroatoms. The molecule has 4 nitrogen and oxygen atoms in total. The molecule has 1 aromatic rings. The van der Waals surface area contributed by atoms with E-state index in [1.54, 1.807) is 18.2 Å². The Labute approximate surface area is 134 Å². The molecular weight excluding hydrogens is 313 g/mol. The van der Waals surface area contributed by atoms with E-state index in [4.69, 9.17) is 23.2 Å². The summed E-state index contributed by atoms with van der Waals surface area (Å²) in [5, 5.41) is 3.88. The number of benzene rings is 1. The maximum atomic E-state index is 11.8. The van der Waals surface area contributed by atoms with Crippen LogP contribution in [-0.2, 0) is 20.7 Å². The average Bonchev–Trinajstić information content (AvgIpc) is 2.45. The van der Waals surface area contributed by atoms with Gasteiger partial charge < -0.3 is 10.1 Å². The van der Waals surface area contributed by atoms with Crippen LogP contribution in [-0.4, -0.2) is 25.5 Å². The van der Waals surface area contributed by atoms with Crippen LogP contribution in [0.2, 0.25) is 10.0 Å². The van der Waals surface area contributed by atoms with E-state index in [1.807, 2.05) is 0 Å². The number of nitrogens with one attached hydrogen (secondary N) is 1. The van der Waals surface area contributed by atoms with Crippen LogP contribution in [0.3, 0.4) is 0 Å². The van der Waals surface area contributed by atoms with Gasteiger partial charge in [0, 0.05) is 23.0 Å². The first-order chi connectivity index (χ1) is 10.0. The molecule has 0 atom stereocenters. The first-order valence-electron chi connectivity index (χ1n) is 6.80. The van der Waals surface area contributed by atoms with Crippen LogP contribution < -0.4 is 5.32 Å². The van der Waals surface area contributed by atoms with Crippen molar-refractivity contribution in [2.24, 2.45) is 0 Å². The van der Waals surface area contributed by atoms with E-state index in [0.29, 0.717) is 23.0 Å². The molecule has 1 rings (SSSR count). The van der Waals surface area contributed by atoms with Gasteiger partial charge in [-0.25, -0.2) is 0 Å². The van der Waals surface area contributed by atoms with Crippen LogP contribution in [0.15, 0.2) is 18.2 Å². The smallest absolute Gasteiger partial charge is 0.305 e. The molecule has 0 aliphatic carbocycles. The van der Waals surface area contributed by atoms with Crippen molar-refractivity contribution >= 4 is 35.1 Å². The Kier molecular flexibility index (Phi) is 8.16. The zero-order chi connectivity index (χ0) is 15.7. The van der Waals surface area contributed by atoms with E-state index in [9.17, 15) is 9.59 Å². The summed E-state index contributed by atoms with van der Waals surface area (Å²) in [5.41, 5.74) is 0.754. The molecule has 0 fully saturated rings. The Morgan fingerprint density at radius 2 is 1.95 bits per heavy atom. The van der Waals surface area contributed by atoms with Crippen LogP contribution in [0.5, 0.6) is 0 Å². The summed E-state index contributed by atoms with van der Waals surface area (Å²) < 4.78 is 4.55. The van der Waals surface area contributed by atoms with Gasteiger partial charge in [-0.05, 0) is 30.5 Å². The van der Waals surface area contributed by atoms with Gasteiger partial charge in [0.2, 0.25) is 5.91 Å². The second-order valence-electron chi connectivity index (χ2n) is 4.65. The van der Waals surface area contributed by atoms with Gasteiger partial charge >= 0.3 is 5.97 Å². The third kappa shape index (κ3) is 7.34. The van der Waals surface area contributed by atoms with E-state index < -0.39 is 0 Å². The molecule has 0 aromatic heterocycles. The number of rotatable bonds is 8. The summed E-state index contributed by atoms with van der Waals surface area (Å²) in [6.07, 6.45) is 3.13. The van der Waals surface area contributed by atoms with Crippen LogP contribution in [0, 0.1) is 0 Å². The lowest BCUT2D eigenvalue weighted by molar-refractivity contribution is -0.140. The molecule has 0 aliphatic heterocycles. The fourth-order valence-electron chi connectivity index (χ4n) is 1.80. The number of unbranched alkanes of at least 4 members (excludes halogenated alkanes) is 2. The second kappa shape index (κ2) is 9.64. The number of amides is 1. The molecule has 0 heterocycles. The van der Waals surface area contributed by atoms with Crippen molar-refractivity contribution in [1.82, 2.24) is 5.32 Å². The molecule has 0 aliphatic rings. The zero-order valence-electron chi connectivity index (χ0n) is 12.0. The summed E-state index contributed by atoms with van der Waals surface area (Å²) in [6, 6.07) is 5.09. The third-order valence-corrected chi connectivity index (χ3v) is 3.56. The standard InChI is InChI=1S/C15H19Cl2NO3/c1-21-15(20)5-3-2-4-8-18-14(19)9-11-6-7-12(16)10-13(11)17/h6-7,10H,2-5,8-9H2,1H3,(H,18,19). The minimum absolute atomic E-state index is 0.0767. The highest BCUT2D eigenvalue weighted by Crippen LogP contribution is 2.21. The summed E-state index contributed by atoms with van der Waals surface area (Å²) in [5.74, 6) is -0.274. The molecular formula is C15H19Cl2NO3. The molecule has 116 valence electrons. The minimum atomic E-state index is -0.198. The topological polar surface area (TPSA) is 55.4 Å². The fourth-order valence-corrected chi connectivity index (χ4v) is 2.28. The number of hydrogen-bond donors (Lipinski definition) is 1. The summed E-state index contributed by atoms with van der Waals surface area (Å²) in [7, 11) is 1.38. The van der Waals surface area contributed by atoms with Gasteiger partial charge in [0.05, 0.1) is 13.5 Å². The van der Waals surface area contributed by atoms with Gasteiger partial charge in [0.15, 0.2) is 0 Å². The number of carbonyl (C=O) groups is 2. The van der Waals surface area contributed by atoms with E-state index in [1.165, 1.54) is 7.11 Å². The maximum absolute atomic E-state index is 11.8. The highest BCUT2D eigenvalue weighted by Gasteiger charge is 2.07. The SMILES string of the molecule is COC(=O)CCCCCNC(=O)Cc1ccc(Cl)cc1Cl. The van der Waals surface area contributed by atoms with Crippen molar-refractivity contribution in [1.29, 1.82) is 0 Å². The van der Waals surface area contributed by atoms with Crippen molar-refractivity contribution in [2.45, 2.75) is 32.1 Å². The van der Waals surface area contributed by atoms with E-state index in [0.717, 1.165) is 24.8 Å². The van der Waals surface area contributed by atoms with Crippen molar-refractivity contribution in [3.8, 4) is 0 Å². The lowest BCUT2D eigenvalue weighted by Crippen LogP contribution is -2.26. The monoisotopic (exact) mass is 331 g/mol. The van der Waals surface area contributed by atoms with Crippen LogP contribution >= 0.6 is 23.2 Å². The average molecular weight is 332 g/mol. The molecule has 0 spiro atoms. The first-order valence-corrected chi connectivity index (χ1v) is 7.56. The van der Waals surface area contributed by atoms with E-state index >= 15 is 0 Å². The van der Waals surface area contributed by atoms with Crippen LogP contribution in [0.1, 0.15) is 31.2 Å². The normalized spacial score (nSPS) is 10.2. The van der Waals surface area contributed by atoms with E-state index in [-0.39, 0.29) is 18.3 Å². The molecule has 1 amide bonds. The highest BCUT2D eigenvalue weighted by molar-refractivity contribution is 6.35. The minimum Gasteiger partial charge on any atom is -0.469 e. The second-order valence-corrected chi connectivity index (χ2v) is 5.49. The number of carbonyl (C=O) groups excluding carboxylic acids is 2. The molecule has 0 radical (unpaired) electrons. The Morgan fingerprint density at radius 1 is 1.19 bits per heavy atom. The first kappa shape index (κ1) is 17.8. The number of ether oxygens (including phenoxy) is 1. The number of methoxy groups -OCH3 is 1. The Bertz CT molecular complexity index is 492. The molecule has 1 aromatic carbocycles. The zero-order valence-corrected chi connectivity index (χ0v) is 13.5. The maximum Gasteiger partial charge on any atom is 0.305 e. The number of hydrogen-bond acceptors (Lipinski definition) is 3. The van der Waals surface area contributed by atoms with Gasteiger partial charge in [-0.3, -0.25) is 9.59 Å². The fraction of sp³-hybridized carbons (Fsp3) is 0.467. The molecule has 0 saturated carbocycles. The van der Waals surface area contributed by atoms with Crippen LogP contribution in [0.4, 0.5) is 0 Å². The molecule has 0 bridgehead atoms. The van der Waals surface area contributed by atoms with Crippen molar-refractivity contribution in [2.75, 3.05) is 13.7 Å². The third-order valence-electron chi connectivity index (χ3n) is 2.97. The lowest BCUT2D eigenvalue weighted by atomic mass is 10.1. The predicted octanol–water partition coefficient (Wildman–Crippen LogP) is 3.39. The van der Waals surface area contributed by atoms with Gasteiger partial charge in [0.1, 0.15) is 0 Å². The van der Waals surface area contributed by atoms with Gasteiger partial charge in [-0.2, -0.15) is 0 Å². The summed E-state index contributed by atoms with van der Waals surface area (Å²) in [4.78, 5) is 22.7. The molecule has 0 unspecified atom stereocenters. The van der Waals surface area contributed by atoms with Gasteiger partial charge in [-0.1, -0.05) is 35.7 Å². The Morgan fingerprint density at radius 3 is 2.62 bits per heavy atom. The van der Waals surface area contributed by atoms with Crippen molar-refractivity contribution in [3.05, 3.63) is 33.8 Å². The number of esters is 1. The van der Waals surface area contributed by atoms with Gasteiger partial charge in [0.25, 0.3) is 0 Å². The van der Waals surface area contributed by atoms with Crippen molar-refractivity contribution in [3.63, 3.8) is 0 Å².